The standard InChI is InChI=1S/C14H22N2S/c1-3-16(12-7-5-4-6-8-12)13(11-15)14(17-2)9-10-14/h4-8,13H,3,9-11,15H2,1-2H3. The van der Waals surface area contributed by atoms with E-state index in [1.165, 1.54) is 18.5 Å². The molecule has 0 spiro atoms. The number of anilines is 1. The van der Waals surface area contributed by atoms with E-state index in [2.05, 4.69) is 48.4 Å². The number of rotatable bonds is 6. The molecule has 1 unspecified atom stereocenters. The summed E-state index contributed by atoms with van der Waals surface area (Å²) in [6.07, 6.45) is 4.83. The molecule has 2 rings (SSSR count). The molecule has 0 bridgehead atoms. The Balaban J connectivity index is 2.22. The van der Waals surface area contributed by atoms with Crippen LogP contribution in [0.3, 0.4) is 0 Å². The van der Waals surface area contributed by atoms with Crippen LogP contribution in [0.25, 0.3) is 0 Å². The predicted octanol–water partition coefficient (Wildman–Crippen LogP) is 2.74. The van der Waals surface area contributed by atoms with E-state index in [1.54, 1.807) is 0 Å². The molecule has 17 heavy (non-hydrogen) atoms. The third-order valence-electron chi connectivity index (χ3n) is 3.78. The lowest BCUT2D eigenvalue weighted by atomic mass is 10.1. The Bertz CT molecular complexity index is 348. The predicted molar refractivity (Wildman–Crippen MR) is 77.8 cm³/mol. The van der Waals surface area contributed by atoms with Gasteiger partial charge in [-0.3, -0.25) is 0 Å². The number of likely N-dealkylation sites (N-methyl/N-ethyl adjacent to an activating group) is 1. The van der Waals surface area contributed by atoms with E-state index >= 15 is 0 Å². The van der Waals surface area contributed by atoms with Crippen molar-refractivity contribution in [1.29, 1.82) is 0 Å². The first kappa shape index (κ1) is 12.8. The topological polar surface area (TPSA) is 29.3 Å². The Morgan fingerprint density at radius 3 is 2.41 bits per heavy atom. The summed E-state index contributed by atoms with van der Waals surface area (Å²) in [5.74, 6) is 0. The summed E-state index contributed by atoms with van der Waals surface area (Å²) in [5, 5.41) is 0. The van der Waals surface area contributed by atoms with Crippen molar-refractivity contribution in [2.75, 3.05) is 24.2 Å². The highest BCUT2D eigenvalue weighted by molar-refractivity contribution is 8.00. The van der Waals surface area contributed by atoms with Gasteiger partial charge in [0.25, 0.3) is 0 Å². The van der Waals surface area contributed by atoms with Crippen molar-refractivity contribution in [3.63, 3.8) is 0 Å². The van der Waals surface area contributed by atoms with Gasteiger partial charge in [0.1, 0.15) is 0 Å². The van der Waals surface area contributed by atoms with Gasteiger partial charge in [-0.25, -0.2) is 0 Å². The normalized spacial score (nSPS) is 18.8. The zero-order valence-electron chi connectivity index (χ0n) is 10.7. The fourth-order valence-corrected chi connectivity index (χ4v) is 3.63. The first-order valence-corrected chi connectivity index (χ1v) is 7.57. The molecule has 0 aromatic heterocycles. The second-order valence-corrected chi connectivity index (χ2v) is 5.86. The molecule has 1 saturated carbocycles. The maximum atomic E-state index is 6.03. The highest BCUT2D eigenvalue weighted by Crippen LogP contribution is 2.51. The Labute approximate surface area is 109 Å². The average Bonchev–Trinajstić information content (AvgIpc) is 3.17. The highest BCUT2D eigenvalue weighted by Gasteiger charge is 2.50. The summed E-state index contributed by atoms with van der Waals surface area (Å²) in [7, 11) is 0. The van der Waals surface area contributed by atoms with Gasteiger partial charge in [-0.1, -0.05) is 18.2 Å². The summed E-state index contributed by atoms with van der Waals surface area (Å²) in [4.78, 5) is 2.46. The molecular formula is C14H22N2S. The van der Waals surface area contributed by atoms with Gasteiger partial charge < -0.3 is 10.6 Å². The molecular weight excluding hydrogens is 228 g/mol. The van der Waals surface area contributed by atoms with Crippen molar-refractivity contribution < 1.29 is 0 Å². The van der Waals surface area contributed by atoms with Crippen molar-refractivity contribution in [2.24, 2.45) is 5.73 Å². The van der Waals surface area contributed by atoms with Crippen molar-refractivity contribution in [3.8, 4) is 0 Å². The van der Waals surface area contributed by atoms with E-state index in [4.69, 9.17) is 5.73 Å². The highest BCUT2D eigenvalue weighted by atomic mass is 32.2. The molecule has 2 nitrogen and oxygen atoms in total. The summed E-state index contributed by atoms with van der Waals surface area (Å²) in [6, 6.07) is 11.1. The number of thioether (sulfide) groups is 1. The van der Waals surface area contributed by atoms with E-state index < -0.39 is 0 Å². The van der Waals surface area contributed by atoms with Gasteiger partial charge in [0.15, 0.2) is 0 Å². The number of nitrogens with two attached hydrogens (primary N) is 1. The Hall–Kier alpha value is -0.670. The van der Waals surface area contributed by atoms with E-state index in [0.29, 0.717) is 10.8 Å². The molecule has 3 heteroatoms. The van der Waals surface area contributed by atoms with E-state index in [1.807, 2.05) is 11.8 Å². The van der Waals surface area contributed by atoms with Crippen LogP contribution in [0.5, 0.6) is 0 Å². The summed E-state index contributed by atoms with van der Waals surface area (Å²) in [5.41, 5.74) is 7.33. The van der Waals surface area contributed by atoms with Crippen LogP contribution in [-0.4, -0.2) is 30.1 Å². The number of benzene rings is 1. The maximum absolute atomic E-state index is 6.03. The van der Waals surface area contributed by atoms with Crippen molar-refractivity contribution >= 4 is 17.4 Å². The molecule has 2 N–H and O–H groups in total. The minimum atomic E-state index is 0.403. The second kappa shape index (κ2) is 5.32. The van der Waals surface area contributed by atoms with Crippen LogP contribution in [0.1, 0.15) is 19.8 Å². The lowest BCUT2D eigenvalue weighted by Gasteiger charge is -2.37. The van der Waals surface area contributed by atoms with Gasteiger partial charge in [-0.05, 0) is 38.2 Å². The molecule has 1 aliphatic carbocycles. The molecule has 1 aromatic carbocycles. The molecule has 94 valence electrons. The maximum Gasteiger partial charge on any atom is 0.0558 e. The van der Waals surface area contributed by atoms with Crippen LogP contribution in [0, 0.1) is 0 Å². The van der Waals surface area contributed by atoms with Gasteiger partial charge in [-0.2, -0.15) is 11.8 Å². The summed E-state index contributed by atoms with van der Waals surface area (Å²) >= 11 is 1.99. The average molecular weight is 250 g/mol. The fourth-order valence-electron chi connectivity index (χ4n) is 2.62. The first-order valence-electron chi connectivity index (χ1n) is 6.34. The fraction of sp³-hybridized carbons (Fsp3) is 0.571. The first-order chi connectivity index (χ1) is 8.27. The zero-order chi connectivity index (χ0) is 12.3. The van der Waals surface area contributed by atoms with Crippen LogP contribution in [-0.2, 0) is 0 Å². The SMILES string of the molecule is CCN(c1ccccc1)C(CN)C1(SC)CC1. The Morgan fingerprint density at radius 2 is 2.00 bits per heavy atom. The van der Waals surface area contributed by atoms with Gasteiger partial charge in [0, 0.05) is 23.5 Å². The van der Waals surface area contributed by atoms with Crippen molar-refractivity contribution in [2.45, 2.75) is 30.6 Å². The number of nitrogens with zero attached hydrogens (tertiary/aromatic N) is 1. The van der Waals surface area contributed by atoms with Crippen LogP contribution in [0.2, 0.25) is 0 Å². The lowest BCUT2D eigenvalue weighted by molar-refractivity contribution is 0.576. The van der Waals surface area contributed by atoms with Crippen LogP contribution in [0.4, 0.5) is 5.69 Å². The van der Waals surface area contributed by atoms with Crippen LogP contribution < -0.4 is 10.6 Å². The van der Waals surface area contributed by atoms with Crippen molar-refractivity contribution in [3.05, 3.63) is 30.3 Å². The largest absolute Gasteiger partial charge is 0.366 e. The quantitative estimate of drug-likeness (QED) is 0.842. The van der Waals surface area contributed by atoms with E-state index in [9.17, 15) is 0 Å². The van der Waals surface area contributed by atoms with Crippen molar-refractivity contribution in [1.82, 2.24) is 0 Å². The van der Waals surface area contributed by atoms with Crippen LogP contribution >= 0.6 is 11.8 Å². The third kappa shape index (κ3) is 2.45. The van der Waals surface area contributed by atoms with E-state index in [0.717, 1.165) is 13.1 Å². The summed E-state index contributed by atoms with van der Waals surface area (Å²) < 4.78 is 0.403. The molecule has 0 amide bonds. The third-order valence-corrected chi connectivity index (χ3v) is 5.28. The number of hydrogen-bond acceptors (Lipinski definition) is 3. The number of hydrogen-bond donors (Lipinski definition) is 1. The lowest BCUT2D eigenvalue weighted by Crippen LogP contribution is -2.48. The van der Waals surface area contributed by atoms with E-state index in [-0.39, 0.29) is 0 Å². The summed E-state index contributed by atoms with van der Waals surface area (Å²) in [6.45, 7) is 3.98. The Morgan fingerprint density at radius 1 is 1.35 bits per heavy atom. The molecule has 1 aliphatic rings. The zero-order valence-corrected chi connectivity index (χ0v) is 11.5. The minimum absolute atomic E-state index is 0.403. The molecule has 1 fully saturated rings. The number of para-hydroxylation sites is 1. The molecule has 1 aromatic rings. The Kier molecular flexibility index (Phi) is 4.00. The van der Waals surface area contributed by atoms with Gasteiger partial charge in [0.2, 0.25) is 0 Å². The smallest absolute Gasteiger partial charge is 0.0558 e. The van der Waals surface area contributed by atoms with Crippen LogP contribution in [0.15, 0.2) is 30.3 Å². The molecule has 0 saturated heterocycles. The van der Waals surface area contributed by atoms with Gasteiger partial charge in [-0.15, -0.1) is 0 Å². The van der Waals surface area contributed by atoms with Gasteiger partial charge in [0.05, 0.1) is 6.04 Å². The molecule has 0 aliphatic heterocycles. The molecule has 0 heterocycles. The molecule has 0 radical (unpaired) electrons. The molecule has 1 atom stereocenters. The minimum Gasteiger partial charge on any atom is -0.366 e. The monoisotopic (exact) mass is 250 g/mol. The van der Waals surface area contributed by atoms with Gasteiger partial charge >= 0.3 is 0 Å². The second-order valence-electron chi connectivity index (χ2n) is 4.64.